The van der Waals surface area contributed by atoms with Crippen LogP contribution in [0.15, 0.2) is 47.4 Å². The van der Waals surface area contributed by atoms with Crippen molar-refractivity contribution in [1.82, 2.24) is 9.97 Å². The summed E-state index contributed by atoms with van der Waals surface area (Å²) in [5.74, 6) is 0.529. The third-order valence-electron chi connectivity index (χ3n) is 3.14. The van der Waals surface area contributed by atoms with E-state index in [1.54, 1.807) is 0 Å². The molecule has 0 amide bonds. The summed E-state index contributed by atoms with van der Waals surface area (Å²) in [7, 11) is -3.87. The summed E-state index contributed by atoms with van der Waals surface area (Å²) in [6.07, 6.45) is 0. The largest absolute Gasteiger partial charge is 0.352 e. The Morgan fingerprint density at radius 3 is 2.64 bits per heavy atom. The predicted octanol–water partition coefficient (Wildman–Crippen LogP) is 2.48. The molecule has 8 heteroatoms. The van der Waals surface area contributed by atoms with Gasteiger partial charge in [0, 0.05) is 6.54 Å². The summed E-state index contributed by atoms with van der Waals surface area (Å²) in [4.78, 5) is 7.20. The summed E-state index contributed by atoms with van der Waals surface area (Å²) in [5.41, 5.74) is 2.21. The molecule has 0 bridgehead atoms. The summed E-state index contributed by atoms with van der Waals surface area (Å²) in [6, 6.07) is 12.7. The molecular weight excluding hydrogens is 324 g/mol. The number of sulfonamides is 1. The number of hydrogen-bond acceptors (Lipinski definition) is 4. The van der Waals surface area contributed by atoms with Crippen LogP contribution in [0.2, 0.25) is 5.02 Å². The molecule has 0 unspecified atom stereocenters. The molecular formula is C14H13ClN4O2S. The van der Waals surface area contributed by atoms with Crippen LogP contribution in [0.25, 0.3) is 11.0 Å². The summed E-state index contributed by atoms with van der Waals surface area (Å²) in [5, 5.41) is 8.32. The number of nitrogens with one attached hydrogen (secondary N) is 2. The van der Waals surface area contributed by atoms with Crippen LogP contribution < -0.4 is 10.5 Å². The van der Waals surface area contributed by atoms with Gasteiger partial charge in [-0.25, -0.2) is 18.5 Å². The first-order chi connectivity index (χ1) is 10.4. The average molecular weight is 337 g/mol. The first-order valence-electron chi connectivity index (χ1n) is 6.43. The molecule has 6 nitrogen and oxygen atoms in total. The van der Waals surface area contributed by atoms with Crippen LogP contribution in [0, 0.1) is 0 Å². The van der Waals surface area contributed by atoms with Gasteiger partial charge in [0.05, 0.1) is 16.1 Å². The first kappa shape index (κ1) is 14.8. The van der Waals surface area contributed by atoms with Crippen LogP contribution >= 0.6 is 11.6 Å². The second-order valence-corrected chi connectivity index (χ2v) is 6.71. The van der Waals surface area contributed by atoms with E-state index in [0.29, 0.717) is 23.5 Å². The highest BCUT2D eigenvalue weighted by molar-refractivity contribution is 7.89. The lowest BCUT2D eigenvalue weighted by Gasteiger charge is -2.01. The molecule has 3 aromatic rings. The van der Waals surface area contributed by atoms with Gasteiger partial charge in [0.25, 0.3) is 0 Å². The number of anilines is 1. The van der Waals surface area contributed by atoms with Gasteiger partial charge in [-0.05, 0) is 17.7 Å². The number of rotatable bonds is 4. The van der Waals surface area contributed by atoms with E-state index in [-0.39, 0.29) is 9.92 Å². The number of hydrogen-bond donors (Lipinski definition) is 3. The Hall–Kier alpha value is -2.09. The summed E-state index contributed by atoms with van der Waals surface area (Å²) in [6.45, 7) is 0.594. The smallest absolute Gasteiger partial charge is 0.239 e. The van der Waals surface area contributed by atoms with Crippen molar-refractivity contribution in [3.63, 3.8) is 0 Å². The molecule has 0 radical (unpaired) electrons. The highest BCUT2D eigenvalue weighted by Gasteiger charge is 2.15. The van der Waals surface area contributed by atoms with Crippen LogP contribution in [-0.4, -0.2) is 18.4 Å². The first-order valence-corrected chi connectivity index (χ1v) is 8.36. The quantitative estimate of drug-likeness (QED) is 0.681. The van der Waals surface area contributed by atoms with E-state index in [1.807, 2.05) is 30.3 Å². The van der Waals surface area contributed by atoms with Crippen molar-refractivity contribution in [2.24, 2.45) is 5.14 Å². The number of primary sulfonamides is 1. The number of nitrogens with two attached hydrogens (primary N) is 1. The third-order valence-corrected chi connectivity index (χ3v) is 4.52. The van der Waals surface area contributed by atoms with Crippen molar-refractivity contribution in [2.45, 2.75) is 11.4 Å². The van der Waals surface area contributed by atoms with E-state index in [1.165, 1.54) is 12.1 Å². The summed E-state index contributed by atoms with van der Waals surface area (Å²) < 4.78 is 22.9. The molecule has 3 rings (SSSR count). The second-order valence-electron chi connectivity index (χ2n) is 4.77. The highest BCUT2D eigenvalue weighted by Crippen LogP contribution is 2.26. The second kappa shape index (κ2) is 5.60. The lowest BCUT2D eigenvalue weighted by atomic mass is 10.2. The monoisotopic (exact) mass is 336 g/mol. The van der Waals surface area contributed by atoms with Crippen molar-refractivity contribution < 1.29 is 8.42 Å². The van der Waals surface area contributed by atoms with Gasteiger partial charge >= 0.3 is 0 Å². The lowest BCUT2D eigenvalue weighted by molar-refractivity contribution is 0.598. The molecule has 22 heavy (non-hydrogen) atoms. The van der Waals surface area contributed by atoms with E-state index < -0.39 is 10.0 Å². The van der Waals surface area contributed by atoms with Gasteiger partial charge in [0.2, 0.25) is 16.0 Å². The molecule has 0 aliphatic rings. The number of aromatic nitrogens is 2. The zero-order valence-corrected chi connectivity index (χ0v) is 12.9. The van der Waals surface area contributed by atoms with Gasteiger partial charge in [-0.2, -0.15) is 0 Å². The van der Waals surface area contributed by atoms with Gasteiger partial charge in [-0.3, -0.25) is 0 Å². The Kier molecular flexibility index (Phi) is 3.78. The number of fused-ring (bicyclic) bond motifs is 1. The number of aromatic amines is 1. The Morgan fingerprint density at radius 2 is 1.95 bits per heavy atom. The van der Waals surface area contributed by atoms with Gasteiger partial charge in [-0.15, -0.1) is 0 Å². The van der Waals surface area contributed by atoms with Gasteiger partial charge in [-0.1, -0.05) is 41.9 Å². The molecule has 4 N–H and O–H groups in total. The van der Waals surface area contributed by atoms with E-state index in [2.05, 4.69) is 15.3 Å². The molecule has 1 heterocycles. The molecule has 0 saturated heterocycles. The highest BCUT2D eigenvalue weighted by atomic mass is 35.5. The van der Waals surface area contributed by atoms with Crippen molar-refractivity contribution in [2.75, 3.05) is 5.32 Å². The minimum atomic E-state index is -3.87. The number of nitrogens with zero attached hydrogens (tertiary/aromatic N) is 1. The zero-order chi connectivity index (χ0) is 15.7. The number of benzene rings is 2. The maximum atomic E-state index is 11.5. The summed E-state index contributed by atoms with van der Waals surface area (Å²) >= 11 is 5.94. The SMILES string of the molecule is NS(=O)(=O)c1cc2[nH]c(NCc3ccccc3)nc2cc1Cl. The molecule has 0 saturated carbocycles. The molecule has 2 aromatic carbocycles. The van der Waals surface area contributed by atoms with Gasteiger partial charge in [0.15, 0.2) is 0 Å². The van der Waals surface area contributed by atoms with Crippen LogP contribution in [0.5, 0.6) is 0 Å². The maximum absolute atomic E-state index is 11.5. The van der Waals surface area contributed by atoms with E-state index >= 15 is 0 Å². The maximum Gasteiger partial charge on any atom is 0.239 e. The van der Waals surface area contributed by atoms with E-state index in [4.69, 9.17) is 16.7 Å². The molecule has 0 spiro atoms. The third kappa shape index (κ3) is 3.06. The van der Waals surface area contributed by atoms with Crippen LogP contribution in [0.3, 0.4) is 0 Å². The Bertz CT molecular complexity index is 923. The molecule has 114 valence electrons. The van der Waals surface area contributed by atoms with Gasteiger partial charge in [0.1, 0.15) is 4.90 Å². The van der Waals surface area contributed by atoms with Crippen molar-refractivity contribution in [1.29, 1.82) is 0 Å². The Morgan fingerprint density at radius 1 is 1.23 bits per heavy atom. The van der Waals surface area contributed by atoms with Crippen LogP contribution in [-0.2, 0) is 16.6 Å². The number of halogens is 1. The average Bonchev–Trinajstić information content (AvgIpc) is 2.86. The Labute approximate surface area is 132 Å². The normalized spacial score (nSPS) is 11.7. The van der Waals surface area contributed by atoms with Crippen LogP contribution in [0.4, 0.5) is 5.95 Å². The predicted molar refractivity (Wildman–Crippen MR) is 86.2 cm³/mol. The van der Waals surface area contributed by atoms with E-state index in [0.717, 1.165) is 5.56 Å². The van der Waals surface area contributed by atoms with Crippen molar-refractivity contribution in [3.05, 3.63) is 53.1 Å². The lowest BCUT2D eigenvalue weighted by Crippen LogP contribution is -2.12. The molecule has 1 aromatic heterocycles. The molecule has 0 aliphatic carbocycles. The van der Waals surface area contributed by atoms with E-state index in [9.17, 15) is 8.42 Å². The Balaban J connectivity index is 1.90. The number of H-pyrrole nitrogens is 1. The molecule has 0 fully saturated rings. The fourth-order valence-electron chi connectivity index (χ4n) is 2.09. The van der Waals surface area contributed by atoms with Crippen molar-refractivity contribution in [3.8, 4) is 0 Å². The van der Waals surface area contributed by atoms with Crippen molar-refractivity contribution >= 4 is 38.6 Å². The minimum Gasteiger partial charge on any atom is -0.352 e. The fourth-order valence-corrected chi connectivity index (χ4v) is 3.19. The zero-order valence-electron chi connectivity index (χ0n) is 11.4. The number of imidazole rings is 1. The molecule has 0 aliphatic heterocycles. The fraction of sp³-hybridized carbons (Fsp3) is 0.0714. The standard InChI is InChI=1S/C14H13ClN4O2S/c15-10-6-11-12(7-13(10)22(16,20)21)19-14(18-11)17-8-9-4-2-1-3-5-9/h1-7H,8H2,(H2,16,20,21)(H2,17,18,19). The van der Waals surface area contributed by atoms with Crippen LogP contribution in [0.1, 0.15) is 5.56 Å². The molecule has 0 atom stereocenters. The topological polar surface area (TPSA) is 101 Å². The van der Waals surface area contributed by atoms with Gasteiger partial charge < -0.3 is 10.3 Å². The minimum absolute atomic E-state index is 0.0520.